The molecule has 0 spiro atoms. The van der Waals surface area contributed by atoms with Gasteiger partial charge in [-0.1, -0.05) is 15.9 Å². The van der Waals surface area contributed by atoms with Gasteiger partial charge in [0.2, 0.25) is 0 Å². The molecule has 0 amide bonds. The quantitative estimate of drug-likeness (QED) is 0.554. The van der Waals surface area contributed by atoms with Gasteiger partial charge in [-0.25, -0.2) is 8.42 Å². The Hall–Kier alpha value is -1.13. The van der Waals surface area contributed by atoms with Gasteiger partial charge in [-0.15, -0.1) is 0 Å². The van der Waals surface area contributed by atoms with Crippen LogP contribution in [0.1, 0.15) is 12.8 Å². The van der Waals surface area contributed by atoms with E-state index in [1.165, 1.54) is 16.4 Å². The summed E-state index contributed by atoms with van der Waals surface area (Å²) >= 11 is 5.43. The lowest BCUT2D eigenvalue weighted by Crippen LogP contribution is -2.32. The molecule has 0 aliphatic rings. The van der Waals surface area contributed by atoms with Crippen molar-refractivity contribution in [1.82, 2.24) is 0 Å². The number of carboxylic acid groups (broad SMARTS) is 1. The third-order valence-corrected chi connectivity index (χ3v) is 6.36. The lowest BCUT2D eigenvalue weighted by molar-refractivity contribution is -0.137. The van der Waals surface area contributed by atoms with Crippen molar-refractivity contribution < 1.29 is 18.3 Å². The predicted octanol–water partition coefficient (Wildman–Crippen LogP) is 4.11. The van der Waals surface area contributed by atoms with Crippen molar-refractivity contribution in [1.29, 1.82) is 0 Å². The van der Waals surface area contributed by atoms with Crippen LogP contribution < -0.4 is 4.31 Å². The second-order valence-corrected chi connectivity index (χ2v) is 9.03. The fourth-order valence-electron chi connectivity index (χ4n) is 2.10. The summed E-state index contributed by atoms with van der Waals surface area (Å²) in [6, 6.07) is 13.4. The normalized spacial score (nSPS) is 11.2. The number of nitrogens with zero attached hydrogens (tertiary/aromatic N) is 1. The van der Waals surface area contributed by atoms with Crippen LogP contribution in [0.25, 0.3) is 0 Å². The van der Waals surface area contributed by atoms with Crippen molar-refractivity contribution in [2.75, 3.05) is 10.8 Å². The smallest absolute Gasteiger partial charge is 0.303 e. The van der Waals surface area contributed by atoms with E-state index in [0.29, 0.717) is 5.69 Å². The maximum atomic E-state index is 13.0. The second-order valence-electron chi connectivity index (χ2n) is 5.00. The number of halogens is 2. The summed E-state index contributed by atoms with van der Waals surface area (Å²) in [5.41, 5.74) is 0.517. The number of benzene rings is 2. The topological polar surface area (TPSA) is 74.7 Å². The van der Waals surface area contributed by atoms with E-state index in [-0.39, 0.29) is 24.3 Å². The minimum Gasteiger partial charge on any atom is -0.481 e. The average Bonchev–Trinajstić information content (AvgIpc) is 2.53. The summed E-state index contributed by atoms with van der Waals surface area (Å²) in [6.07, 6.45) is 0.147. The molecule has 0 aliphatic carbocycles. The molecule has 24 heavy (non-hydrogen) atoms. The van der Waals surface area contributed by atoms with E-state index >= 15 is 0 Å². The highest BCUT2D eigenvalue weighted by molar-refractivity contribution is 14.1. The molecule has 0 aliphatic heterocycles. The van der Waals surface area contributed by atoms with E-state index in [9.17, 15) is 13.2 Å². The number of anilines is 1. The third kappa shape index (κ3) is 4.93. The molecule has 0 saturated heterocycles. The highest BCUT2D eigenvalue weighted by Crippen LogP contribution is 2.26. The Morgan fingerprint density at radius 2 is 1.67 bits per heavy atom. The van der Waals surface area contributed by atoms with Crippen LogP contribution in [0.5, 0.6) is 0 Å². The van der Waals surface area contributed by atoms with Crippen molar-refractivity contribution >= 4 is 60.2 Å². The molecule has 0 heterocycles. The molecule has 2 aromatic carbocycles. The van der Waals surface area contributed by atoms with Crippen LogP contribution in [-0.4, -0.2) is 26.0 Å². The summed E-state index contributed by atoms with van der Waals surface area (Å²) in [5, 5.41) is 8.81. The number of carbonyl (C=O) groups is 1. The first kappa shape index (κ1) is 19.2. The van der Waals surface area contributed by atoms with Gasteiger partial charge in [-0.05, 0) is 77.5 Å². The molecule has 0 radical (unpaired) electrons. The van der Waals surface area contributed by atoms with Crippen LogP contribution in [0.15, 0.2) is 57.9 Å². The number of aliphatic carboxylic acids is 1. The summed E-state index contributed by atoms with van der Waals surface area (Å²) in [7, 11) is -3.76. The molecule has 0 unspecified atom stereocenters. The third-order valence-electron chi connectivity index (χ3n) is 3.27. The van der Waals surface area contributed by atoms with Crippen LogP contribution in [0, 0.1) is 3.57 Å². The van der Waals surface area contributed by atoms with Gasteiger partial charge in [0.25, 0.3) is 10.0 Å². The molecule has 0 aromatic heterocycles. The largest absolute Gasteiger partial charge is 0.481 e. The van der Waals surface area contributed by atoms with E-state index in [1.807, 2.05) is 12.1 Å². The van der Waals surface area contributed by atoms with Crippen molar-refractivity contribution in [3.8, 4) is 0 Å². The highest BCUT2D eigenvalue weighted by Gasteiger charge is 2.24. The first-order valence-corrected chi connectivity index (χ1v) is 10.4. The first-order chi connectivity index (χ1) is 11.3. The number of hydrogen-bond donors (Lipinski definition) is 1. The van der Waals surface area contributed by atoms with Gasteiger partial charge in [0.1, 0.15) is 0 Å². The highest BCUT2D eigenvalue weighted by atomic mass is 127. The number of rotatable bonds is 7. The SMILES string of the molecule is O=C(O)CCCN(c1ccc(I)cc1)S(=O)(=O)c1ccc(Br)cc1. The van der Waals surface area contributed by atoms with Crippen molar-refractivity contribution in [2.45, 2.75) is 17.7 Å². The summed E-state index contributed by atoms with van der Waals surface area (Å²) < 4.78 is 29.0. The zero-order valence-electron chi connectivity index (χ0n) is 12.5. The second kappa shape index (κ2) is 8.30. The van der Waals surface area contributed by atoms with Crippen molar-refractivity contribution in [3.05, 3.63) is 56.6 Å². The maximum absolute atomic E-state index is 13.0. The lowest BCUT2D eigenvalue weighted by Gasteiger charge is -2.24. The van der Waals surface area contributed by atoms with Crippen molar-refractivity contribution in [2.24, 2.45) is 0 Å². The fourth-order valence-corrected chi connectivity index (χ4v) is 4.23. The molecule has 0 saturated carbocycles. The Labute approximate surface area is 163 Å². The van der Waals surface area contributed by atoms with Crippen LogP contribution in [-0.2, 0) is 14.8 Å². The van der Waals surface area contributed by atoms with E-state index in [4.69, 9.17) is 5.11 Å². The van der Waals surface area contributed by atoms with Crippen LogP contribution in [0.2, 0.25) is 0 Å². The molecule has 2 aromatic rings. The Balaban J connectivity index is 2.38. The van der Waals surface area contributed by atoms with Crippen LogP contribution in [0.4, 0.5) is 5.69 Å². The van der Waals surface area contributed by atoms with Crippen molar-refractivity contribution in [3.63, 3.8) is 0 Å². The first-order valence-electron chi connectivity index (χ1n) is 7.06. The molecule has 128 valence electrons. The number of carboxylic acids is 1. The van der Waals surface area contributed by atoms with Crippen LogP contribution >= 0.6 is 38.5 Å². The van der Waals surface area contributed by atoms with E-state index in [0.717, 1.165) is 8.04 Å². The van der Waals surface area contributed by atoms with E-state index in [1.54, 1.807) is 24.3 Å². The lowest BCUT2D eigenvalue weighted by atomic mass is 10.3. The zero-order chi connectivity index (χ0) is 17.7. The molecule has 2 rings (SSSR count). The Bertz CT molecular complexity index is 807. The van der Waals surface area contributed by atoms with Gasteiger partial charge in [-0.2, -0.15) is 0 Å². The Kier molecular flexibility index (Phi) is 6.64. The van der Waals surface area contributed by atoms with Gasteiger partial charge < -0.3 is 5.11 Å². The maximum Gasteiger partial charge on any atom is 0.303 e. The Morgan fingerprint density at radius 1 is 1.08 bits per heavy atom. The molecule has 5 nitrogen and oxygen atoms in total. The molecular weight excluding hydrogens is 509 g/mol. The van der Waals surface area contributed by atoms with E-state index in [2.05, 4.69) is 38.5 Å². The minimum absolute atomic E-state index is 0.0866. The molecule has 0 bridgehead atoms. The van der Waals surface area contributed by atoms with Crippen LogP contribution in [0.3, 0.4) is 0 Å². The molecule has 0 fully saturated rings. The number of hydrogen-bond acceptors (Lipinski definition) is 3. The van der Waals surface area contributed by atoms with Gasteiger partial charge in [-0.3, -0.25) is 9.10 Å². The average molecular weight is 524 g/mol. The summed E-state index contributed by atoms with van der Waals surface area (Å²) in [6.45, 7) is 0.102. The standard InChI is InChI=1S/C16H15BrINO4S/c17-12-3-9-15(10-4-12)24(22,23)19(11-1-2-16(20)21)14-7-5-13(18)6-8-14/h3-10H,1-2,11H2,(H,20,21). The Morgan fingerprint density at radius 3 is 2.21 bits per heavy atom. The van der Waals surface area contributed by atoms with Gasteiger partial charge in [0, 0.05) is 21.0 Å². The molecule has 8 heteroatoms. The molecule has 1 N–H and O–H groups in total. The van der Waals surface area contributed by atoms with Gasteiger partial charge in [0.15, 0.2) is 0 Å². The van der Waals surface area contributed by atoms with Gasteiger partial charge >= 0.3 is 5.97 Å². The van der Waals surface area contributed by atoms with E-state index < -0.39 is 16.0 Å². The molecule has 0 atom stereocenters. The summed E-state index contributed by atoms with van der Waals surface area (Å²) in [4.78, 5) is 10.9. The zero-order valence-corrected chi connectivity index (χ0v) is 17.1. The number of sulfonamides is 1. The fraction of sp³-hybridized carbons (Fsp3) is 0.188. The minimum atomic E-state index is -3.76. The molecular formula is C16H15BrINO4S. The predicted molar refractivity (Wildman–Crippen MR) is 105 cm³/mol. The monoisotopic (exact) mass is 523 g/mol. The summed E-state index contributed by atoms with van der Waals surface area (Å²) in [5.74, 6) is -0.946. The van der Waals surface area contributed by atoms with Gasteiger partial charge in [0.05, 0.1) is 10.6 Å².